The maximum Gasteiger partial charge on any atom is 0.229 e. The number of hydrogen-bond acceptors (Lipinski definition) is 1. The lowest BCUT2D eigenvalue weighted by Gasteiger charge is -2.01. The van der Waals surface area contributed by atoms with Gasteiger partial charge < -0.3 is 4.43 Å². The van der Waals surface area contributed by atoms with E-state index in [0.717, 1.165) is 25.5 Å². The zero-order valence-electron chi connectivity index (χ0n) is 8.12. The summed E-state index contributed by atoms with van der Waals surface area (Å²) in [6, 6.07) is 11.7. The van der Waals surface area contributed by atoms with Crippen molar-refractivity contribution in [3.8, 4) is 0 Å². The van der Waals surface area contributed by atoms with Crippen molar-refractivity contribution in [1.29, 1.82) is 0 Å². The first-order valence-corrected chi connectivity index (χ1v) is 5.93. The summed E-state index contributed by atoms with van der Waals surface area (Å²) in [5.41, 5.74) is 1.41. The van der Waals surface area contributed by atoms with Gasteiger partial charge in [-0.25, -0.2) is 0 Å². The van der Waals surface area contributed by atoms with Crippen LogP contribution >= 0.6 is 0 Å². The molecule has 1 aromatic carbocycles. The summed E-state index contributed by atoms with van der Waals surface area (Å²) in [5, 5.41) is 0. The van der Waals surface area contributed by atoms with Crippen molar-refractivity contribution in [3.63, 3.8) is 0 Å². The van der Waals surface area contributed by atoms with Crippen molar-refractivity contribution in [2.45, 2.75) is 25.8 Å². The molecule has 1 aromatic rings. The van der Waals surface area contributed by atoms with Crippen LogP contribution in [-0.4, -0.2) is 16.4 Å². The standard InChI is InChI=1S/C11H16OSi/c1-2-13-12-10-6-9-11-7-4-3-5-8-11/h3-5,7-8H,2,6,9-10H2,1H3. The molecule has 70 valence electrons. The van der Waals surface area contributed by atoms with Gasteiger partial charge in [-0.1, -0.05) is 37.3 Å². The first-order valence-electron chi connectivity index (χ1n) is 4.82. The van der Waals surface area contributed by atoms with E-state index in [1.54, 1.807) is 0 Å². The van der Waals surface area contributed by atoms with Crippen LogP contribution in [0.3, 0.4) is 0 Å². The van der Waals surface area contributed by atoms with E-state index in [2.05, 4.69) is 37.3 Å². The SMILES string of the molecule is CC[Si]OCCCc1ccccc1. The Bertz CT molecular complexity index is 211. The highest BCUT2D eigenvalue weighted by Gasteiger charge is 1.92. The van der Waals surface area contributed by atoms with E-state index in [-0.39, 0.29) is 0 Å². The number of benzene rings is 1. The van der Waals surface area contributed by atoms with Gasteiger partial charge in [0.25, 0.3) is 0 Å². The van der Waals surface area contributed by atoms with E-state index in [1.165, 1.54) is 5.56 Å². The number of rotatable bonds is 6. The molecule has 2 radical (unpaired) electrons. The molecule has 2 heteroatoms. The molecule has 0 spiro atoms. The summed E-state index contributed by atoms with van der Waals surface area (Å²) in [6.45, 7) is 3.05. The molecule has 0 saturated heterocycles. The summed E-state index contributed by atoms with van der Waals surface area (Å²) >= 11 is 0. The Hall–Kier alpha value is -0.603. The normalized spacial score (nSPS) is 10.2. The van der Waals surface area contributed by atoms with Crippen LogP contribution in [0.25, 0.3) is 0 Å². The van der Waals surface area contributed by atoms with E-state index in [4.69, 9.17) is 4.43 Å². The molecule has 13 heavy (non-hydrogen) atoms. The van der Waals surface area contributed by atoms with Gasteiger partial charge in [-0.05, 0) is 24.4 Å². The predicted octanol–water partition coefficient (Wildman–Crippen LogP) is 2.69. The minimum Gasteiger partial charge on any atom is -0.417 e. The van der Waals surface area contributed by atoms with Gasteiger partial charge in [-0.2, -0.15) is 0 Å². The molecule has 0 N–H and O–H groups in total. The van der Waals surface area contributed by atoms with Crippen molar-refractivity contribution < 1.29 is 4.43 Å². The Labute approximate surface area is 83.1 Å². The van der Waals surface area contributed by atoms with Gasteiger partial charge in [0, 0.05) is 6.61 Å². The van der Waals surface area contributed by atoms with Crippen LogP contribution in [0.2, 0.25) is 6.04 Å². The van der Waals surface area contributed by atoms with Crippen LogP contribution in [0.4, 0.5) is 0 Å². The molecule has 0 aliphatic rings. The maximum absolute atomic E-state index is 5.43. The van der Waals surface area contributed by atoms with Crippen molar-refractivity contribution in [3.05, 3.63) is 35.9 Å². The molecule has 0 fully saturated rings. The maximum atomic E-state index is 5.43. The van der Waals surface area contributed by atoms with Gasteiger partial charge in [0.05, 0.1) is 0 Å². The van der Waals surface area contributed by atoms with Crippen LogP contribution in [0.5, 0.6) is 0 Å². The highest BCUT2D eigenvalue weighted by molar-refractivity contribution is 6.26. The van der Waals surface area contributed by atoms with E-state index >= 15 is 0 Å². The van der Waals surface area contributed by atoms with Gasteiger partial charge in [0.15, 0.2) is 0 Å². The minimum absolute atomic E-state index is 0.682. The zero-order chi connectivity index (χ0) is 9.36. The smallest absolute Gasteiger partial charge is 0.229 e. The van der Waals surface area contributed by atoms with Crippen LogP contribution in [0.1, 0.15) is 18.9 Å². The van der Waals surface area contributed by atoms with Crippen molar-refractivity contribution in [2.24, 2.45) is 0 Å². The molecule has 0 unspecified atom stereocenters. The third-order valence-electron chi connectivity index (χ3n) is 1.80. The van der Waals surface area contributed by atoms with Gasteiger partial charge in [-0.3, -0.25) is 0 Å². The Kier molecular flexibility index (Phi) is 5.53. The van der Waals surface area contributed by atoms with Crippen molar-refractivity contribution in [2.75, 3.05) is 6.61 Å². The molecule has 0 aromatic heterocycles. The average molecular weight is 192 g/mol. The monoisotopic (exact) mass is 192 g/mol. The number of hydrogen-bond donors (Lipinski definition) is 0. The summed E-state index contributed by atoms with van der Waals surface area (Å²) < 4.78 is 5.43. The fourth-order valence-electron chi connectivity index (χ4n) is 1.17. The molecule has 0 aliphatic heterocycles. The first-order chi connectivity index (χ1) is 6.43. The van der Waals surface area contributed by atoms with Gasteiger partial charge in [0.2, 0.25) is 9.76 Å². The zero-order valence-corrected chi connectivity index (χ0v) is 9.12. The lowest BCUT2D eigenvalue weighted by atomic mass is 10.1. The molecular formula is C11H16OSi. The Morgan fingerprint density at radius 2 is 2.00 bits per heavy atom. The fourth-order valence-corrected chi connectivity index (χ4v) is 1.66. The summed E-state index contributed by atoms with van der Waals surface area (Å²) in [7, 11) is 0.682. The van der Waals surface area contributed by atoms with Gasteiger partial charge in [0.1, 0.15) is 0 Å². The fraction of sp³-hybridized carbons (Fsp3) is 0.455. The second kappa shape index (κ2) is 6.86. The summed E-state index contributed by atoms with van der Waals surface area (Å²) in [6.07, 6.45) is 2.27. The van der Waals surface area contributed by atoms with E-state index in [1.807, 2.05) is 0 Å². The van der Waals surface area contributed by atoms with Crippen LogP contribution < -0.4 is 0 Å². The third-order valence-corrected chi connectivity index (χ3v) is 2.50. The Morgan fingerprint density at radius 3 is 2.69 bits per heavy atom. The molecule has 1 nitrogen and oxygen atoms in total. The van der Waals surface area contributed by atoms with E-state index in [9.17, 15) is 0 Å². The first kappa shape index (κ1) is 10.5. The lowest BCUT2D eigenvalue weighted by molar-refractivity contribution is 0.328. The van der Waals surface area contributed by atoms with E-state index < -0.39 is 0 Å². The van der Waals surface area contributed by atoms with E-state index in [0.29, 0.717) is 9.76 Å². The molecule has 0 amide bonds. The quantitative estimate of drug-likeness (QED) is 0.497. The van der Waals surface area contributed by atoms with Crippen LogP contribution in [0, 0.1) is 0 Å². The molecule has 1 rings (SSSR count). The van der Waals surface area contributed by atoms with Crippen molar-refractivity contribution in [1.82, 2.24) is 0 Å². The Morgan fingerprint density at radius 1 is 1.23 bits per heavy atom. The number of aryl methyl sites for hydroxylation is 1. The largest absolute Gasteiger partial charge is 0.417 e. The molecule has 0 bridgehead atoms. The van der Waals surface area contributed by atoms with Crippen LogP contribution in [0.15, 0.2) is 30.3 Å². The van der Waals surface area contributed by atoms with Crippen LogP contribution in [-0.2, 0) is 10.8 Å². The Balaban J connectivity index is 2.07. The van der Waals surface area contributed by atoms with Gasteiger partial charge >= 0.3 is 0 Å². The molecular weight excluding hydrogens is 176 g/mol. The average Bonchev–Trinajstić information content (AvgIpc) is 2.19. The lowest BCUT2D eigenvalue weighted by Crippen LogP contribution is -2.00. The molecule has 0 aliphatic carbocycles. The minimum atomic E-state index is 0.682. The molecule has 0 atom stereocenters. The van der Waals surface area contributed by atoms with Gasteiger partial charge in [-0.15, -0.1) is 0 Å². The second-order valence-electron chi connectivity index (χ2n) is 2.94. The second-order valence-corrected chi connectivity index (χ2v) is 4.22. The third kappa shape index (κ3) is 4.86. The predicted molar refractivity (Wildman–Crippen MR) is 57.0 cm³/mol. The summed E-state index contributed by atoms with van der Waals surface area (Å²) in [5.74, 6) is 0. The topological polar surface area (TPSA) is 9.23 Å². The highest BCUT2D eigenvalue weighted by atomic mass is 28.2. The molecule has 0 heterocycles. The molecule has 0 saturated carbocycles. The van der Waals surface area contributed by atoms with Crippen molar-refractivity contribution >= 4 is 9.76 Å². The highest BCUT2D eigenvalue weighted by Crippen LogP contribution is 2.01. The summed E-state index contributed by atoms with van der Waals surface area (Å²) in [4.78, 5) is 0.